The summed E-state index contributed by atoms with van der Waals surface area (Å²) in [6, 6.07) is -0.536. The Labute approximate surface area is 478 Å². The molecule has 0 aromatic heterocycles. The summed E-state index contributed by atoms with van der Waals surface area (Å²) in [6.07, 6.45) is 93.5. The third-order valence-electron chi connectivity index (χ3n) is 16.7. The van der Waals surface area contributed by atoms with Crippen LogP contribution >= 0.6 is 0 Å². The van der Waals surface area contributed by atoms with Crippen molar-refractivity contribution in [3.63, 3.8) is 0 Å². The molecule has 76 heavy (non-hydrogen) atoms. The lowest BCUT2D eigenvalue weighted by Gasteiger charge is -2.22. The third kappa shape index (κ3) is 63.4. The molecule has 0 heterocycles. The fraction of sp³-hybridized carbons (Fsp3) is 0.903. The molecule has 0 aromatic rings. The number of hydrogen-bond acceptors (Lipinski definition) is 3. The van der Waals surface area contributed by atoms with Crippen LogP contribution in [0, 0.1) is 0 Å². The second-order valence-corrected chi connectivity index (χ2v) is 24.3. The molecule has 0 aromatic carbocycles. The summed E-state index contributed by atoms with van der Waals surface area (Å²) < 4.78 is 0. The molecule has 0 saturated heterocycles. The molecule has 4 heteroatoms. The van der Waals surface area contributed by atoms with Crippen LogP contribution in [0.25, 0.3) is 0 Å². The normalized spacial score (nSPS) is 12.8. The maximum Gasteiger partial charge on any atom is 0.220 e. The summed E-state index contributed by atoms with van der Waals surface area (Å²) in [7, 11) is 0. The number of rotatable bonds is 66. The number of hydrogen-bond donors (Lipinski definition) is 3. The molecule has 0 saturated carbocycles. The minimum absolute atomic E-state index is 0.0221. The topological polar surface area (TPSA) is 69.6 Å². The predicted molar refractivity (Wildman–Crippen MR) is 341 cm³/mol. The number of carbonyl (C=O) groups excluding carboxylic acids is 1. The highest BCUT2D eigenvalue weighted by Gasteiger charge is 2.20. The number of unbranched alkanes of at least 4 members (excludes halogenated alkanes) is 53. The van der Waals surface area contributed by atoms with Gasteiger partial charge in [-0.15, -0.1) is 0 Å². The summed E-state index contributed by atoms with van der Waals surface area (Å²) in [5, 5.41) is 23.5. The van der Waals surface area contributed by atoms with Crippen molar-refractivity contribution < 1.29 is 15.0 Å². The van der Waals surface area contributed by atoms with E-state index in [1.54, 1.807) is 0 Å². The van der Waals surface area contributed by atoms with Crippen LogP contribution in [0.1, 0.15) is 399 Å². The minimum atomic E-state index is -0.659. The molecular formula is C72H139NO3. The van der Waals surface area contributed by atoms with Gasteiger partial charge in [0, 0.05) is 6.42 Å². The van der Waals surface area contributed by atoms with Crippen molar-refractivity contribution in [3.05, 3.63) is 36.5 Å². The van der Waals surface area contributed by atoms with Crippen LogP contribution in [0.5, 0.6) is 0 Å². The average molecular weight is 1070 g/mol. The van der Waals surface area contributed by atoms with Crippen LogP contribution in [0.4, 0.5) is 0 Å². The molecule has 4 nitrogen and oxygen atoms in total. The molecule has 450 valence electrons. The molecule has 0 bridgehead atoms. The number of amides is 1. The van der Waals surface area contributed by atoms with Crippen molar-refractivity contribution in [2.45, 2.75) is 411 Å². The Morgan fingerprint density at radius 2 is 0.539 bits per heavy atom. The summed E-state index contributed by atoms with van der Waals surface area (Å²) in [5.74, 6) is -0.0221. The zero-order valence-corrected chi connectivity index (χ0v) is 52.1. The van der Waals surface area contributed by atoms with Gasteiger partial charge in [-0.3, -0.25) is 4.79 Å². The molecule has 2 unspecified atom stereocenters. The molecule has 0 rings (SSSR count). The van der Waals surface area contributed by atoms with Gasteiger partial charge in [-0.1, -0.05) is 378 Å². The van der Waals surface area contributed by atoms with E-state index < -0.39 is 12.1 Å². The summed E-state index contributed by atoms with van der Waals surface area (Å²) >= 11 is 0. The largest absolute Gasteiger partial charge is 0.394 e. The number of aliphatic hydroxyl groups is 2. The van der Waals surface area contributed by atoms with E-state index in [1.165, 1.54) is 334 Å². The molecule has 1 amide bonds. The van der Waals surface area contributed by atoms with Gasteiger partial charge in [0.15, 0.2) is 0 Å². The maximum atomic E-state index is 12.6. The Balaban J connectivity index is 3.38. The molecule has 3 N–H and O–H groups in total. The van der Waals surface area contributed by atoms with Gasteiger partial charge in [-0.2, -0.15) is 0 Å². The van der Waals surface area contributed by atoms with Crippen molar-refractivity contribution in [3.8, 4) is 0 Å². The zero-order chi connectivity index (χ0) is 54.8. The van der Waals surface area contributed by atoms with Crippen molar-refractivity contribution >= 4 is 5.91 Å². The van der Waals surface area contributed by atoms with Gasteiger partial charge < -0.3 is 15.5 Å². The van der Waals surface area contributed by atoms with Gasteiger partial charge in [0.2, 0.25) is 5.91 Å². The minimum Gasteiger partial charge on any atom is -0.394 e. The van der Waals surface area contributed by atoms with Crippen LogP contribution in [-0.4, -0.2) is 34.9 Å². The first kappa shape index (κ1) is 74.6. The Morgan fingerprint density at radius 1 is 0.316 bits per heavy atom. The second kappa shape index (κ2) is 67.9. The lowest BCUT2D eigenvalue weighted by molar-refractivity contribution is -0.123. The van der Waals surface area contributed by atoms with Crippen LogP contribution in [-0.2, 0) is 4.79 Å². The summed E-state index contributed by atoms with van der Waals surface area (Å²) in [5.41, 5.74) is 0. The fourth-order valence-electron chi connectivity index (χ4n) is 11.3. The Morgan fingerprint density at radius 3 is 0.803 bits per heavy atom. The lowest BCUT2D eigenvalue weighted by Crippen LogP contribution is -2.45. The van der Waals surface area contributed by atoms with Crippen molar-refractivity contribution in [2.24, 2.45) is 0 Å². The SMILES string of the molecule is CCCCCCC/C=C\C/C=C\C/C=C\CCCCCCCCCCCCCCCCCCCCCCCCCCC(=O)NC(CO)C(O)CCCCCCCCCCCCCCCCCCCCCCCCCCC. The highest BCUT2D eigenvalue weighted by atomic mass is 16.3. The number of allylic oxidation sites excluding steroid dienone is 6. The van der Waals surface area contributed by atoms with Crippen LogP contribution < -0.4 is 5.32 Å². The van der Waals surface area contributed by atoms with Crippen molar-refractivity contribution in [1.82, 2.24) is 5.32 Å². The predicted octanol–water partition coefficient (Wildman–Crippen LogP) is 23.9. The van der Waals surface area contributed by atoms with Gasteiger partial charge in [-0.05, 0) is 51.4 Å². The van der Waals surface area contributed by atoms with Crippen LogP contribution in [0.15, 0.2) is 36.5 Å². The first-order chi connectivity index (χ1) is 37.7. The third-order valence-corrected chi connectivity index (χ3v) is 16.7. The van der Waals surface area contributed by atoms with E-state index in [4.69, 9.17) is 0 Å². The standard InChI is InChI=1S/C72H139NO3/c1-3-5-7-9-11-13-15-17-19-21-23-25-27-29-30-31-32-33-34-35-36-37-38-39-40-41-42-44-46-48-50-52-54-56-58-60-62-64-66-68-72(76)73-70(69-74)71(75)67-65-63-61-59-57-55-53-51-49-47-45-43-28-26-24-22-20-18-16-14-12-10-8-6-4-2/h15,17,21,23,27,29,70-71,74-75H,3-14,16,18-20,22,24-26,28,30-69H2,1-2H3,(H,73,76)/b17-15-,23-21-,29-27-. The van der Waals surface area contributed by atoms with Gasteiger partial charge in [-0.25, -0.2) is 0 Å². The first-order valence-electron chi connectivity index (χ1n) is 35.2. The van der Waals surface area contributed by atoms with Crippen molar-refractivity contribution in [2.75, 3.05) is 6.61 Å². The highest BCUT2D eigenvalue weighted by Crippen LogP contribution is 2.19. The number of carbonyl (C=O) groups is 1. The summed E-state index contributed by atoms with van der Waals surface area (Å²) in [6.45, 7) is 4.39. The highest BCUT2D eigenvalue weighted by molar-refractivity contribution is 5.76. The fourth-order valence-corrected chi connectivity index (χ4v) is 11.3. The molecule has 0 aliphatic heterocycles. The van der Waals surface area contributed by atoms with E-state index in [0.29, 0.717) is 12.8 Å². The van der Waals surface area contributed by atoms with E-state index in [9.17, 15) is 15.0 Å². The maximum absolute atomic E-state index is 12.6. The smallest absolute Gasteiger partial charge is 0.220 e. The summed E-state index contributed by atoms with van der Waals surface area (Å²) in [4.78, 5) is 12.6. The van der Waals surface area contributed by atoms with Gasteiger partial charge >= 0.3 is 0 Å². The van der Waals surface area contributed by atoms with Crippen LogP contribution in [0.2, 0.25) is 0 Å². The Hall–Kier alpha value is -1.39. The first-order valence-corrected chi connectivity index (χ1v) is 35.2. The number of aliphatic hydroxyl groups excluding tert-OH is 2. The van der Waals surface area contributed by atoms with E-state index >= 15 is 0 Å². The second-order valence-electron chi connectivity index (χ2n) is 24.3. The average Bonchev–Trinajstić information content (AvgIpc) is 3.42. The molecule has 0 fully saturated rings. The van der Waals surface area contributed by atoms with E-state index in [1.807, 2.05) is 0 Å². The van der Waals surface area contributed by atoms with Crippen molar-refractivity contribution in [1.29, 1.82) is 0 Å². The molecule has 0 aliphatic carbocycles. The van der Waals surface area contributed by atoms with Gasteiger partial charge in [0.05, 0.1) is 18.8 Å². The Bertz CT molecular complexity index is 1160. The molecule has 2 atom stereocenters. The molecule has 0 aliphatic rings. The monoisotopic (exact) mass is 1070 g/mol. The van der Waals surface area contributed by atoms with E-state index in [0.717, 1.165) is 38.5 Å². The van der Waals surface area contributed by atoms with E-state index in [2.05, 4.69) is 55.6 Å². The lowest BCUT2D eigenvalue weighted by atomic mass is 10.0. The van der Waals surface area contributed by atoms with E-state index in [-0.39, 0.29) is 12.5 Å². The zero-order valence-electron chi connectivity index (χ0n) is 52.1. The molecular weight excluding hydrogens is 927 g/mol. The Kier molecular flexibility index (Phi) is 66.6. The number of nitrogens with one attached hydrogen (secondary N) is 1. The van der Waals surface area contributed by atoms with Gasteiger partial charge in [0.25, 0.3) is 0 Å². The van der Waals surface area contributed by atoms with Gasteiger partial charge in [0.1, 0.15) is 0 Å². The quantitative estimate of drug-likeness (QED) is 0.0420. The van der Waals surface area contributed by atoms with Crippen LogP contribution in [0.3, 0.4) is 0 Å². The molecule has 0 radical (unpaired) electrons. The molecule has 0 spiro atoms.